The molecule has 0 spiro atoms. The first-order chi connectivity index (χ1) is 17.3. The number of hydrogen-bond acceptors (Lipinski definition) is 5. The molecular formula is C28H28ClN2NaO5. The number of amides is 1. The number of benzene rings is 2. The molecule has 188 valence electrons. The minimum absolute atomic E-state index is 0. The number of halogens is 1. The van der Waals surface area contributed by atoms with Gasteiger partial charge in [-0.15, -0.1) is 0 Å². The van der Waals surface area contributed by atoms with Crippen molar-refractivity contribution >= 4 is 40.2 Å². The van der Waals surface area contributed by atoms with Crippen LogP contribution in [0.1, 0.15) is 61.9 Å². The van der Waals surface area contributed by atoms with E-state index in [4.69, 9.17) is 16.3 Å². The molecule has 0 atom stereocenters. The predicted octanol–water partition coefficient (Wildman–Crippen LogP) is 1.66. The van der Waals surface area contributed by atoms with Crippen LogP contribution in [0.4, 0.5) is 0 Å². The number of nitrogens with one attached hydrogen (secondary N) is 2. The molecule has 9 heteroatoms. The molecule has 1 heterocycles. The molecule has 3 rings (SSSR count). The van der Waals surface area contributed by atoms with Crippen LogP contribution in [0.2, 0.25) is 5.02 Å². The SMILES string of the molecule is CC(=O)CCCCCC(=O)OCC#Cc1ccc2[nH]cc(C(=O)NCc3ccc(Cl)cc3)c(=O)c2c1.[H-].[Na+]. The minimum atomic E-state index is -0.488. The predicted molar refractivity (Wildman–Crippen MR) is 140 cm³/mol. The van der Waals surface area contributed by atoms with Gasteiger partial charge in [0, 0.05) is 47.1 Å². The third kappa shape index (κ3) is 9.83. The number of pyridine rings is 1. The maximum Gasteiger partial charge on any atom is 1.00 e. The Morgan fingerprint density at radius 2 is 1.78 bits per heavy atom. The second-order valence-corrected chi connectivity index (χ2v) is 8.76. The topological polar surface area (TPSA) is 105 Å². The standard InChI is InChI=1S/C28H27ClN2O5.Na.H/c1-19(32)6-3-2-4-8-26(33)36-15-5-7-20-11-14-25-23(16-20)27(34)24(18-30-25)28(35)31-17-21-9-12-22(29)13-10-21;;/h9-14,16,18H,2-4,6,8,15,17H2,1H3,(H,30,34)(H,31,35);;/q;+1;-1. The zero-order valence-corrected chi connectivity index (χ0v) is 23.7. The number of rotatable bonds is 10. The molecule has 0 saturated carbocycles. The van der Waals surface area contributed by atoms with Gasteiger partial charge in [-0.1, -0.05) is 42.0 Å². The second-order valence-electron chi connectivity index (χ2n) is 8.33. The Labute approximate surface area is 244 Å². The average molecular weight is 531 g/mol. The van der Waals surface area contributed by atoms with Gasteiger partial charge < -0.3 is 21.3 Å². The molecule has 0 radical (unpaired) electrons. The van der Waals surface area contributed by atoms with Crippen LogP contribution in [0.25, 0.3) is 10.9 Å². The normalized spacial score (nSPS) is 10.1. The molecule has 1 aromatic heterocycles. The van der Waals surface area contributed by atoms with Gasteiger partial charge in [0.1, 0.15) is 11.3 Å². The number of esters is 1. The number of ether oxygens (including phenoxy) is 1. The van der Waals surface area contributed by atoms with Gasteiger partial charge in [0.15, 0.2) is 6.61 Å². The number of unbranched alkanes of at least 4 members (excludes halogenated alkanes) is 2. The van der Waals surface area contributed by atoms with Crippen molar-refractivity contribution in [3.63, 3.8) is 0 Å². The molecule has 2 aromatic carbocycles. The molecule has 0 unspecified atom stereocenters. The molecule has 3 aromatic rings. The molecule has 0 aliphatic carbocycles. The Bertz CT molecular complexity index is 1380. The van der Waals surface area contributed by atoms with E-state index < -0.39 is 11.3 Å². The van der Waals surface area contributed by atoms with Gasteiger partial charge in [0.05, 0.1) is 0 Å². The molecule has 0 saturated heterocycles. The summed E-state index contributed by atoms with van der Waals surface area (Å²) in [7, 11) is 0. The third-order valence-electron chi connectivity index (χ3n) is 5.44. The van der Waals surface area contributed by atoms with E-state index in [2.05, 4.69) is 22.1 Å². The number of aromatic amines is 1. The summed E-state index contributed by atoms with van der Waals surface area (Å²) in [5, 5.41) is 3.68. The fraction of sp³-hybridized carbons (Fsp3) is 0.286. The molecule has 1 amide bonds. The van der Waals surface area contributed by atoms with Gasteiger partial charge in [-0.05, 0) is 55.7 Å². The fourth-order valence-corrected chi connectivity index (χ4v) is 3.62. The van der Waals surface area contributed by atoms with Gasteiger partial charge in [-0.3, -0.25) is 14.4 Å². The minimum Gasteiger partial charge on any atom is -1.00 e. The summed E-state index contributed by atoms with van der Waals surface area (Å²) in [4.78, 5) is 51.2. The van der Waals surface area contributed by atoms with Crippen LogP contribution in [0.3, 0.4) is 0 Å². The van der Waals surface area contributed by atoms with Crippen LogP contribution in [0.15, 0.2) is 53.5 Å². The molecule has 0 aliphatic rings. The Kier molecular flexibility index (Phi) is 12.6. The van der Waals surface area contributed by atoms with E-state index >= 15 is 0 Å². The fourth-order valence-electron chi connectivity index (χ4n) is 3.49. The van der Waals surface area contributed by atoms with Crippen molar-refractivity contribution in [1.29, 1.82) is 0 Å². The Morgan fingerprint density at radius 1 is 1.05 bits per heavy atom. The smallest absolute Gasteiger partial charge is 1.00 e. The van der Waals surface area contributed by atoms with Gasteiger partial charge in [0.25, 0.3) is 5.91 Å². The number of hydrogen-bond donors (Lipinski definition) is 2. The number of H-pyrrole nitrogens is 1. The van der Waals surface area contributed by atoms with E-state index in [9.17, 15) is 19.2 Å². The number of carbonyl (C=O) groups excluding carboxylic acids is 3. The monoisotopic (exact) mass is 530 g/mol. The van der Waals surface area contributed by atoms with Crippen molar-refractivity contribution in [3.05, 3.63) is 80.6 Å². The van der Waals surface area contributed by atoms with E-state index in [0.717, 1.165) is 18.4 Å². The number of carbonyl (C=O) groups is 3. The molecule has 7 nitrogen and oxygen atoms in total. The quantitative estimate of drug-likeness (QED) is 0.179. The number of aromatic nitrogens is 1. The van der Waals surface area contributed by atoms with Crippen LogP contribution in [0, 0.1) is 11.8 Å². The van der Waals surface area contributed by atoms with Crippen molar-refractivity contribution in [2.24, 2.45) is 0 Å². The number of ketones is 1. The van der Waals surface area contributed by atoms with Crippen molar-refractivity contribution in [2.75, 3.05) is 6.61 Å². The maximum absolute atomic E-state index is 12.9. The summed E-state index contributed by atoms with van der Waals surface area (Å²) in [5.41, 5.74) is 1.59. The summed E-state index contributed by atoms with van der Waals surface area (Å²) in [6.45, 7) is 1.75. The summed E-state index contributed by atoms with van der Waals surface area (Å²) in [5.74, 6) is 4.98. The Balaban J connectivity index is 0.00000361. The van der Waals surface area contributed by atoms with E-state index in [1.807, 2.05) is 0 Å². The van der Waals surface area contributed by atoms with Crippen molar-refractivity contribution in [1.82, 2.24) is 10.3 Å². The van der Waals surface area contributed by atoms with Crippen LogP contribution in [-0.4, -0.2) is 29.3 Å². The molecule has 0 fully saturated rings. The van der Waals surface area contributed by atoms with E-state index in [-0.39, 0.29) is 67.9 Å². The average Bonchev–Trinajstić information content (AvgIpc) is 2.86. The van der Waals surface area contributed by atoms with Gasteiger partial charge >= 0.3 is 35.5 Å². The van der Waals surface area contributed by atoms with Crippen molar-refractivity contribution in [3.8, 4) is 11.8 Å². The summed E-state index contributed by atoms with van der Waals surface area (Å²) >= 11 is 5.88. The van der Waals surface area contributed by atoms with Gasteiger partial charge in [-0.25, -0.2) is 0 Å². The second kappa shape index (κ2) is 15.4. The largest absolute Gasteiger partial charge is 1.00 e. The molecule has 37 heavy (non-hydrogen) atoms. The van der Waals surface area contributed by atoms with E-state index in [0.29, 0.717) is 34.3 Å². The van der Waals surface area contributed by atoms with Gasteiger partial charge in [0.2, 0.25) is 5.43 Å². The van der Waals surface area contributed by atoms with Crippen LogP contribution >= 0.6 is 11.6 Å². The van der Waals surface area contributed by atoms with E-state index in [1.54, 1.807) is 49.4 Å². The summed E-state index contributed by atoms with van der Waals surface area (Å²) < 4.78 is 5.12. The molecule has 0 bridgehead atoms. The van der Waals surface area contributed by atoms with Gasteiger partial charge in [-0.2, -0.15) is 0 Å². The maximum atomic E-state index is 12.9. The first kappa shape index (κ1) is 30.3. The molecule has 2 N–H and O–H groups in total. The van der Waals surface area contributed by atoms with Crippen molar-refractivity contribution in [2.45, 2.75) is 45.6 Å². The first-order valence-electron chi connectivity index (χ1n) is 11.7. The number of Topliss-reactive ketones (excluding diaryl/α,β-unsaturated/α-hetero) is 1. The third-order valence-corrected chi connectivity index (χ3v) is 5.69. The molecule has 0 aliphatic heterocycles. The van der Waals surface area contributed by atoms with Crippen LogP contribution in [-0.2, 0) is 20.9 Å². The van der Waals surface area contributed by atoms with E-state index in [1.165, 1.54) is 6.20 Å². The number of fused-ring (bicyclic) bond motifs is 1. The summed E-state index contributed by atoms with van der Waals surface area (Å²) in [6.07, 6.45) is 4.45. The zero-order chi connectivity index (χ0) is 25.9. The first-order valence-corrected chi connectivity index (χ1v) is 12.0. The zero-order valence-electron chi connectivity index (χ0n) is 22.0. The Hall–Kier alpha value is -2.89. The Morgan fingerprint density at radius 3 is 2.51 bits per heavy atom. The van der Waals surface area contributed by atoms with Crippen LogP contribution < -0.4 is 40.3 Å². The summed E-state index contributed by atoms with van der Waals surface area (Å²) in [6, 6.07) is 12.1. The van der Waals surface area contributed by atoms with Crippen molar-refractivity contribution < 1.29 is 50.1 Å². The van der Waals surface area contributed by atoms with Crippen LogP contribution in [0.5, 0.6) is 0 Å². The molecular weight excluding hydrogens is 503 g/mol.